The molecule has 0 bridgehead atoms. The summed E-state index contributed by atoms with van der Waals surface area (Å²) in [4.78, 5) is 38.1. The van der Waals surface area contributed by atoms with E-state index in [-0.39, 0.29) is 18.1 Å². The van der Waals surface area contributed by atoms with Crippen molar-refractivity contribution in [3.8, 4) is 0 Å². The first-order valence-electron chi connectivity index (χ1n) is 9.09. The van der Waals surface area contributed by atoms with E-state index in [1.807, 2.05) is 18.2 Å². The Labute approximate surface area is 162 Å². The van der Waals surface area contributed by atoms with Crippen LogP contribution in [0.5, 0.6) is 0 Å². The topological polar surface area (TPSA) is 99.2 Å². The Morgan fingerprint density at radius 1 is 1.18 bits per heavy atom. The normalized spacial score (nSPS) is 16.8. The van der Waals surface area contributed by atoms with Gasteiger partial charge in [-0.2, -0.15) is 0 Å². The van der Waals surface area contributed by atoms with Gasteiger partial charge >= 0.3 is 17.9 Å². The first-order chi connectivity index (χ1) is 13.2. The Bertz CT molecular complexity index is 891. The maximum absolute atomic E-state index is 12.5. The van der Waals surface area contributed by atoms with Crippen molar-refractivity contribution in [1.29, 1.82) is 0 Å². The van der Waals surface area contributed by atoms with E-state index >= 15 is 0 Å². The fourth-order valence-corrected chi connectivity index (χ4v) is 3.02. The predicted molar refractivity (Wildman–Crippen MR) is 97.7 cm³/mol. The van der Waals surface area contributed by atoms with E-state index in [0.29, 0.717) is 19.4 Å². The second kappa shape index (κ2) is 7.92. The first-order valence-corrected chi connectivity index (χ1v) is 9.09. The lowest BCUT2D eigenvalue weighted by Gasteiger charge is -2.27. The Hall–Kier alpha value is -3.03. The van der Waals surface area contributed by atoms with Gasteiger partial charge in [0.1, 0.15) is 12.2 Å². The van der Waals surface area contributed by atoms with E-state index < -0.39 is 29.5 Å². The fraction of sp³-hybridized carbons (Fsp3) is 0.450. The van der Waals surface area contributed by atoms with Gasteiger partial charge in [0.25, 0.3) is 5.76 Å². The van der Waals surface area contributed by atoms with Crippen molar-refractivity contribution in [3.05, 3.63) is 58.0 Å². The van der Waals surface area contributed by atoms with E-state index in [9.17, 15) is 14.4 Å². The third-order valence-electron chi connectivity index (χ3n) is 4.18. The largest absolute Gasteiger partial charge is 0.519 e. The van der Waals surface area contributed by atoms with Gasteiger partial charge in [-0.3, -0.25) is 4.90 Å². The molecule has 2 heterocycles. The van der Waals surface area contributed by atoms with Gasteiger partial charge in [-0.05, 0) is 39.2 Å². The monoisotopic (exact) mass is 389 g/mol. The van der Waals surface area contributed by atoms with Crippen LogP contribution in [0, 0.1) is 0 Å². The van der Waals surface area contributed by atoms with Gasteiger partial charge in [-0.25, -0.2) is 14.4 Å². The smallest absolute Gasteiger partial charge is 0.455 e. The standard InChI is InChI=1S/C20H23NO7/c1-20(2,3)28-18(23)21-11-7-10-14(21)15-16(27-19(24)26-15)17(22)25-12-13-8-5-4-6-9-13/h4-6,8-9,14H,7,10-12H2,1-3H3. The lowest BCUT2D eigenvalue weighted by atomic mass is 10.1. The van der Waals surface area contributed by atoms with Crippen molar-refractivity contribution >= 4 is 12.1 Å². The summed E-state index contributed by atoms with van der Waals surface area (Å²) in [6.45, 7) is 5.74. The number of carbonyl (C=O) groups excluding carboxylic acids is 2. The molecule has 8 nitrogen and oxygen atoms in total. The number of carbonyl (C=O) groups is 2. The zero-order valence-corrected chi connectivity index (χ0v) is 16.1. The van der Waals surface area contributed by atoms with Crippen LogP contribution in [0.15, 0.2) is 44.0 Å². The molecule has 1 unspecified atom stereocenters. The van der Waals surface area contributed by atoms with E-state index in [0.717, 1.165) is 5.56 Å². The Morgan fingerprint density at radius 3 is 2.57 bits per heavy atom. The molecule has 1 atom stereocenters. The quantitative estimate of drug-likeness (QED) is 0.736. The summed E-state index contributed by atoms with van der Waals surface area (Å²) in [5.74, 6) is -2.16. The van der Waals surface area contributed by atoms with Gasteiger partial charge in [0, 0.05) is 6.54 Å². The van der Waals surface area contributed by atoms with Gasteiger partial charge in [0.2, 0.25) is 0 Å². The maximum atomic E-state index is 12.5. The molecule has 0 aliphatic carbocycles. The minimum atomic E-state index is -1.02. The summed E-state index contributed by atoms with van der Waals surface area (Å²) in [5, 5.41) is 0. The van der Waals surface area contributed by atoms with Gasteiger partial charge < -0.3 is 18.3 Å². The summed E-state index contributed by atoms with van der Waals surface area (Å²) < 4.78 is 20.7. The van der Waals surface area contributed by atoms with Crippen LogP contribution in [-0.2, 0) is 16.1 Å². The van der Waals surface area contributed by atoms with Crippen molar-refractivity contribution in [3.63, 3.8) is 0 Å². The highest BCUT2D eigenvalue weighted by atomic mass is 16.6. The second-order valence-corrected chi connectivity index (χ2v) is 7.54. The average molecular weight is 389 g/mol. The molecule has 1 amide bonds. The first kappa shape index (κ1) is 19.7. The summed E-state index contributed by atoms with van der Waals surface area (Å²) in [5.41, 5.74) is 0.123. The number of benzene rings is 1. The van der Waals surface area contributed by atoms with Crippen LogP contribution in [-0.4, -0.2) is 29.1 Å². The highest BCUT2D eigenvalue weighted by Gasteiger charge is 2.39. The Morgan fingerprint density at radius 2 is 1.89 bits per heavy atom. The van der Waals surface area contributed by atoms with E-state index in [1.54, 1.807) is 32.9 Å². The van der Waals surface area contributed by atoms with Crippen LogP contribution in [0.4, 0.5) is 4.79 Å². The third kappa shape index (κ3) is 4.62. The summed E-state index contributed by atoms with van der Waals surface area (Å²) >= 11 is 0. The number of nitrogens with zero attached hydrogens (tertiary/aromatic N) is 1. The SMILES string of the molecule is CC(C)(C)OC(=O)N1CCCC1c1oc(=O)oc1C(=O)OCc1ccccc1. The maximum Gasteiger partial charge on any atom is 0.519 e. The summed E-state index contributed by atoms with van der Waals surface area (Å²) in [6.07, 6.45) is 0.653. The minimum Gasteiger partial charge on any atom is -0.455 e. The van der Waals surface area contributed by atoms with Crippen LogP contribution in [0.2, 0.25) is 0 Å². The zero-order valence-electron chi connectivity index (χ0n) is 16.1. The summed E-state index contributed by atoms with van der Waals surface area (Å²) in [7, 11) is 0. The van der Waals surface area contributed by atoms with E-state index in [1.165, 1.54) is 4.90 Å². The Kier molecular flexibility index (Phi) is 5.58. The molecule has 0 saturated carbocycles. The van der Waals surface area contributed by atoms with Crippen LogP contribution >= 0.6 is 0 Å². The van der Waals surface area contributed by atoms with Crippen molar-refractivity contribution in [2.75, 3.05) is 6.54 Å². The van der Waals surface area contributed by atoms with Gasteiger partial charge in [0.15, 0.2) is 5.76 Å². The molecule has 1 aliphatic heterocycles. The second-order valence-electron chi connectivity index (χ2n) is 7.54. The van der Waals surface area contributed by atoms with Gasteiger partial charge in [-0.1, -0.05) is 30.3 Å². The minimum absolute atomic E-state index is 0.00794. The molecule has 1 fully saturated rings. The highest BCUT2D eigenvalue weighted by Crippen LogP contribution is 2.35. The van der Waals surface area contributed by atoms with Crippen LogP contribution < -0.4 is 5.82 Å². The van der Waals surface area contributed by atoms with Crippen LogP contribution in [0.1, 0.15) is 61.5 Å². The molecule has 28 heavy (non-hydrogen) atoms. The number of likely N-dealkylation sites (tertiary alicyclic amines) is 1. The fourth-order valence-electron chi connectivity index (χ4n) is 3.02. The Balaban J connectivity index is 1.78. The lowest BCUT2D eigenvalue weighted by Crippen LogP contribution is -2.36. The van der Waals surface area contributed by atoms with Crippen molar-refractivity contribution < 1.29 is 27.9 Å². The number of esters is 1. The number of amides is 1. The molecule has 1 aromatic heterocycles. The molecule has 2 aromatic rings. The average Bonchev–Trinajstić information content (AvgIpc) is 3.25. The molecule has 1 aliphatic rings. The lowest BCUT2D eigenvalue weighted by molar-refractivity contribution is 0.0201. The number of ether oxygens (including phenoxy) is 2. The molecule has 3 rings (SSSR count). The molecule has 8 heteroatoms. The molecule has 0 N–H and O–H groups in total. The summed E-state index contributed by atoms with van der Waals surface area (Å²) in [6, 6.07) is 8.49. The molecule has 0 spiro atoms. The van der Waals surface area contributed by atoms with E-state index in [2.05, 4.69) is 0 Å². The zero-order chi connectivity index (χ0) is 20.3. The molecule has 0 radical (unpaired) electrons. The van der Waals surface area contributed by atoms with Crippen molar-refractivity contribution in [2.45, 2.75) is 51.9 Å². The molecule has 150 valence electrons. The highest BCUT2D eigenvalue weighted by molar-refractivity contribution is 5.87. The predicted octanol–water partition coefficient (Wildman–Crippen LogP) is 3.66. The molecule has 1 saturated heterocycles. The van der Waals surface area contributed by atoms with Gasteiger partial charge in [-0.15, -0.1) is 0 Å². The van der Waals surface area contributed by atoms with E-state index in [4.69, 9.17) is 18.3 Å². The molecular weight excluding hydrogens is 366 g/mol. The number of hydrogen-bond donors (Lipinski definition) is 0. The molecule has 1 aromatic carbocycles. The van der Waals surface area contributed by atoms with Gasteiger partial charge in [0.05, 0.1) is 6.04 Å². The number of rotatable bonds is 4. The number of hydrogen-bond acceptors (Lipinski definition) is 7. The third-order valence-corrected chi connectivity index (χ3v) is 4.18. The van der Waals surface area contributed by atoms with Crippen LogP contribution in [0.25, 0.3) is 0 Å². The van der Waals surface area contributed by atoms with Crippen molar-refractivity contribution in [1.82, 2.24) is 4.90 Å². The van der Waals surface area contributed by atoms with Crippen molar-refractivity contribution in [2.24, 2.45) is 0 Å². The van der Waals surface area contributed by atoms with Crippen LogP contribution in [0.3, 0.4) is 0 Å². The molecular formula is C20H23NO7.